The molecule has 20 heavy (non-hydrogen) atoms. The Kier molecular flexibility index (Phi) is 4.91. The van der Waals surface area contributed by atoms with Gasteiger partial charge < -0.3 is 19.3 Å². The zero-order valence-corrected chi connectivity index (χ0v) is 13.7. The lowest BCUT2D eigenvalue weighted by molar-refractivity contribution is 0.215. The number of benzene rings is 1. The highest BCUT2D eigenvalue weighted by molar-refractivity contribution is 9.10. The quantitative estimate of drug-likeness (QED) is 0.886. The molecule has 108 valence electrons. The number of hydrogen-bond donors (Lipinski definition) is 1. The average Bonchev–Trinajstić information content (AvgIpc) is 2.90. The van der Waals surface area contributed by atoms with Crippen LogP contribution < -0.4 is 14.2 Å². The summed E-state index contributed by atoms with van der Waals surface area (Å²) in [5, 5.41) is 12.5. The Morgan fingerprint density at radius 3 is 2.25 bits per heavy atom. The van der Waals surface area contributed by atoms with E-state index in [9.17, 15) is 5.11 Å². The third-order valence-electron chi connectivity index (χ3n) is 2.92. The highest BCUT2D eigenvalue weighted by Gasteiger charge is 2.24. The average molecular weight is 359 g/mol. The number of aliphatic hydroxyl groups is 1. The number of rotatable bonds is 5. The maximum atomic E-state index is 10.6. The molecule has 6 heteroatoms. The Hall–Kier alpha value is -1.24. The molecule has 0 fully saturated rings. The van der Waals surface area contributed by atoms with Crippen molar-refractivity contribution in [3.8, 4) is 17.2 Å². The molecule has 1 aromatic carbocycles. The van der Waals surface area contributed by atoms with E-state index in [2.05, 4.69) is 15.9 Å². The van der Waals surface area contributed by atoms with E-state index < -0.39 is 6.10 Å². The number of halogens is 1. The normalized spacial score (nSPS) is 12.1. The number of aliphatic hydroxyl groups excluding tert-OH is 1. The fraction of sp³-hybridized carbons (Fsp3) is 0.286. The van der Waals surface area contributed by atoms with Crippen molar-refractivity contribution in [2.24, 2.45) is 0 Å². The topological polar surface area (TPSA) is 47.9 Å². The van der Waals surface area contributed by atoms with Crippen LogP contribution in [-0.2, 0) is 0 Å². The summed E-state index contributed by atoms with van der Waals surface area (Å²) in [5.41, 5.74) is 0.633. The van der Waals surface area contributed by atoms with E-state index in [0.717, 1.165) is 9.35 Å². The van der Waals surface area contributed by atoms with Gasteiger partial charge in [-0.25, -0.2) is 0 Å². The van der Waals surface area contributed by atoms with Crippen LogP contribution in [0.4, 0.5) is 0 Å². The Balaban J connectivity index is 2.54. The number of hydrogen-bond acceptors (Lipinski definition) is 5. The second kappa shape index (κ2) is 6.47. The Morgan fingerprint density at radius 2 is 1.75 bits per heavy atom. The van der Waals surface area contributed by atoms with Crippen molar-refractivity contribution in [2.75, 3.05) is 21.3 Å². The summed E-state index contributed by atoms with van der Waals surface area (Å²) in [6.45, 7) is 0. The molecule has 1 aromatic heterocycles. The molecule has 2 rings (SSSR count). The fourth-order valence-electron chi connectivity index (χ4n) is 1.98. The molecule has 0 amide bonds. The van der Waals surface area contributed by atoms with E-state index in [0.29, 0.717) is 22.8 Å². The minimum absolute atomic E-state index is 0.472. The van der Waals surface area contributed by atoms with Gasteiger partial charge in [-0.3, -0.25) is 0 Å². The van der Waals surface area contributed by atoms with Gasteiger partial charge in [-0.2, -0.15) is 0 Å². The van der Waals surface area contributed by atoms with Crippen LogP contribution in [0, 0.1) is 0 Å². The molecule has 1 N–H and O–H groups in total. The van der Waals surface area contributed by atoms with Crippen molar-refractivity contribution >= 4 is 27.3 Å². The second-order valence-electron chi connectivity index (χ2n) is 3.96. The first-order chi connectivity index (χ1) is 9.63. The monoisotopic (exact) mass is 358 g/mol. The van der Waals surface area contributed by atoms with Crippen molar-refractivity contribution < 1.29 is 19.3 Å². The Morgan fingerprint density at radius 1 is 1.05 bits per heavy atom. The van der Waals surface area contributed by atoms with Crippen LogP contribution in [0.1, 0.15) is 16.5 Å². The van der Waals surface area contributed by atoms with Gasteiger partial charge >= 0.3 is 0 Å². The van der Waals surface area contributed by atoms with Crippen molar-refractivity contribution in [3.05, 3.63) is 38.5 Å². The third-order valence-corrected chi connectivity index (χ3v) is 4.85. The summed E-state index contributed by atoms with van der Waals surface area (Å²) >= 11 is 4.90. The SMILES string of the molecule is COc1ccc(C(O)c2sccc2Br)c(OC)c1OC. The molecule has 0 saturated heterocycles. The van der Waals surface area contributed by atoms with Crippen molar-refractivity contribution in [2.45, 2.75) is 6.10 Å². The van der Waals surface area contributed by atoms with E-state index in [1.165, 1.54) is 25.6 Å². The van der Waals surface area contributed by atoms with Gasteiger partial charge in [-0.05, 0) is 39.5 Å². The molecular weight excluding hydrogens is 344 g/mol. The summed E-state index contributed by atoms with van der Waals surface area (Å²) in [7, 11) is 4.64. The molecule has 0 aliphatic heterocycles. The van der Waals surface area contributed by atoms with Gasteiger partial charge in [0.25, 0.3) is 0 Å². The van der Waals surface area contributed by atoms with Gasteiger partial charge in [0.2, 0.25) is 5.75 Å². The van der Waals surface area contributed by atoms with Gasteiger partial charge in [-0.1, -0.05) is 0 Å². The standard InChI is InChI=1S/C14H15BrO4S/c1-17-10-5-4-8(12(18-2)13(10)19-3)11(16)14-9(15)6-7-20-14/h4-7,11,16H,1-3H3. The summed E-state index contributed by atoms with van der Waals surface area (Å²) in [5.74, 6) is 1.50. The molecule has 0 spiro atoms. The van der Waals surface area contributed by atoms with Crippen LogP contribution in [0.3, 0.4) is 0 Å². The molecule has 4 nitrogen and oxygen atoms in total. The van der Waals surface area contributed by atoms with E-state index >= 15 is 0 Å². The maximum Gasteiger partial charge on any atom is 0.203 e. The van der Waals surface area contributed by atoms with Gasteiger partial charge in [0.1, 0.15) is 6.10 Å². The minimum atomic E-state index is -0.792. The van der Waals surface area contributed by atoms with Crippen LogP contribution in [-0.4, -0.2) is 26.4 Å². The first kappa shape index (κ1) is 15.2. The zero-order valence-electron chi connectivity index (χ0n) is 11.3. The Labute approximate surface area is 130 Å². The molecule has 1 heterocycles. The summed E-state index contributed by atoms with van der Waals surface area (Å²) in [4.78, 5) is 0.815. The van der Waals surface area contributed by atoms with E-state index in [4.69, 9.17) is 14.2 Å². The van der Waals surface area contributed by atoms with Crippen LogP contribution in [0.5, 0.6) is 17.2 Å². The lowest BCUT2D eigenvalue weighted by Gasteiger charge is -2.18. The first-order valence-electron chi connectivity index (χ1n) is 5.83. The predicted octanol–water partition coefficient (Wildman–Crippen LogP) is 3.62. The highest BCUT2D eigenvalue weighted by atomic mass is 79.9. The number of thiophene rings is 1. The van der Waals surface area contributed by atoms with E-state index in [-0.39, 0.29) is 0 Å². The molecule has 0 bridgehead atoms. The van der Waals surface area contributed by atoms with Crippen LogP contribution in [0.15, 0.2) is 28.1 Å². The van der Waals surface area contributed by atoms with Gasteiger partial charge in [-0.15, -0.1) is 11.3 Å². The van der Waals surface area contributed by atoms with E-state index in [1.54, 1.807) is 19.2 Å². The number of methoxy groups -OCH3 is 3. The largest absolute Gasteiger partial charge is 0.493 e. The zero-order chi connectivity index (χ0) is 14.7. The molecular formula is C14H15BrO4S. The summed E-state index contributed by atoms with van der Waals surface area (Å²) < 4.78 is 16.8. The highest BCUT2D eigenvalue weighted by Crippen LogP contribution is 2.45. The predicted molar refractivity (Wildman–Crippen MR) is 82.2 cm³/mol. The van der Waals surface area contributed by atoms with Crippen LogP contribution in [0.25, 0.3) is 0 Å². The molecule has 1 unspecified atom stereocenters. The summed E-state index contributed by atoms with van der Waals surface area (Å²) in [6.07, 6.45) is -0.792. The fourth-order valence-corrected chi connectivity index (χ4v) is 3.57. The van der Waals surface area contributed by atoms with E-state index in [1.807, 2.05) is 11.4 Å². The number of ether oxygens (including phenoxy) is 3. The molecule has 1 atom stereocenters. The smallest absolute Gasteiger partial charge is 0.203 e. The minimum Gasteiger partial charge on any atom is -0.493 e. The van der Waals surface area contributed by atoms with Crippen LogP contribution >= 0.6 is 27.3 Å². The summed E-state index contributed by atoms with van der Waals surface area (Å²) in [6, 6.07) is 5.43. The Bertz CT molecular complexity index is 597. The first-order valence-corrected chi connectivity index (χ1v) is 7.51. The van der Waals surface area contributed by atoms with Crippen molar-refractivity contribution in [1.29, 1.82) is 0 Å². The van der Waals surface area contributed by atoms with Gasteiger partial charge in [0.15, 0.2) is 11.5 Å². The molecule has 0 radical (unpaired) electrons. The maximum absolute atomic E-state index is 10.6. The molecule has 0 aliphatic rings. The van der Waals surface area contributed by atoms with Crippen molar-refractivity contribution in [1.82, 2.24) is 0 Å². The third kappa shape index (κ3) is 2.63. The van der Waals surface area contributed by atoms with Crippen molar-refractivity contribution in [3.63, 3.8) is 0 Å². The molecule has 0 aliphatic carbocycles. The molecule has 2 aromatic rings. The molecule has 0 saturated carbocycles. The lowest BCUT2D eigenvalue weighted by atomic mass is 10.1. The lowest BCUT2D eigenvalue weighted by Crippen LogP contribution is -2.04. The second-order valence-corrected chi connectivity index (χ2v) is 5.76. The van der Waals surface area contributed by atoms with Gasteiger partial charge in [0, 0.05) is 10.0 Å². The van der Waals surface area contributed by atoms with Crippen LogP contribution in [0.2, 0.25) is 0 Å². The van der Waals surface area contributed by atoms with Gasteiger partial charge in [0.05, 0.1) is 26.2 Å².